The topological polar surface area (TPSA) is 0 Å². The molecule has 0 amide bonds. The molecular weight excluding hydrogens is 269 g/mol. The molecular formula is CH8S8. The molecule has 0 N–H and O–H groups in total. The van der Waals surface area contributed by atoms with Gasteiger partial charge in [0.1, 0.15) is 0 Å². The van der Waals surface area contributed by atoms with Crippen molar-refractivity contribution in [1.29, 1.82) is 0 Å². The van der Waals surface area contributed by atoms with Gasteiger partial charge in [-0.3, -0.25) is 0 Å². The van der Waals surface area contributed by atoms with E-state index in [4.69, 9.17) is 0 Å². The monoisotopic (exact) mass is 276 g/mol. The first-order chi connectivity index (χ1) is 3.54. The normalized spacial score (nSPS) is 20.7. The SMILES string of the molecule is CS(S)(S)(S)(S)SSS. The Hall–Kier alpha value is 2.80. The lowest BCUT2D eigenvalue weighted by Crippen LogP contribution is -1.94. The summed E-state index contributed by atoms with van der Waals surface area (Å²) in [4.78, 5) is 0. The van der Waals surface area contributed by atoms with Gasteiger partial charge in [0.25, 0.3) is 0 Å². The molecule has 0 aromatic heterocycles. The van der Waals surface area contributed by atoms with E-state index in [-0.39, 0.29) is 0 Å². The van der Waals surface area contributed by atoms with E-state index >= 15 is 0 Å². The summed E-state index contributed by atoms with van der Waals surface area (Å²) in [6.07, 6.45) is 1.78. The molecule has 0 radical (unpaired) electrons. The molecule has 0 fully saturated rings. The van der Waals surface area contributed by atoms with Gasteiger partial charge in [0.15, 0.2) is 0 Å². The van der Waals surface area contributed by atoms with Crippen molar-refractivity contribution in [3.8, 4) is 0 Å². The fraction of sp³-hybridized carbons (Fsp3) is 1.00. The molecule has 0 spiro atoms. The van der Waals surface area contributed by atoms with Crippen LogP contribution in [0.3, 0.4) is 0 Å². The van der Waals surface area contributed by atoms with E-state index in [1.807, 2.05) is 0 Å². The van der Waals surface area contributed by atoms with Crippen LogP contribution in [0.5, 0.6) is 0 Å². The molecule has 0 heterocycles. The van der Waals surface area contributed by atoms with Crippen molar-refractivity contribution in [3.05, 3.63) is 0 Å². The standard InChI is InChI=1S/CH8S8/c1-9(3,4,5,6)8-7-2/h2-6H,1H3. The molecule has 8 heteroatoms. The molecule has 0 aliphatic heterocycles. The van der Waals surface area contributed by atoms with Crippen molar-refractivity contribution in [2.24, 2.45) is 0 Å². The molecule has 0 unspecified atom stereocenters. The molecule has 0 aromatic carbocycles. The predicted molar refractivity (Wildman–Crippen MR) is 73.6 cm³/mol. The fourth-order valence-electron chi connectivity index (χ4n) is 0.0849. The maximum atomic E-state index is 4.25. The predicted octanol–water partition coefficient (Wildman–Crippen LogP) is 4.01. The zero-order valence-electron chi connectivity index (χ0n) is 4.46. The summed E-state index contributed by atoms with van der Waals surface area (Å²) in [6.45, 7) is 0. The summed E-state index contributed by atoms with van der Waals surface area (Å²) in [5.41, 5.74) is 0. The zero-order chi connectivity index (χ0) is 7.82. The Labute approximate surface area is 86.6 Å². The quantitative estimate of drug-likeness (QED) is 0.382. The van der Waals surface area contributed by atoms with Crippen LogP contribution in [-0.4, -0.2) is 6.26 Å². The van der Waals surface area contributed by atoms with Gasteiger partial charge in [-0.15, -0.1) is 46.6 Å². The third-order valence-electron chi connectivity index (χ3n) is 0.220. The average Bonchev–Trinajstić information content (AvgIpc) is 1.22. The van der Waals surface area contributed by atoms with E-state index in [0.717, 1.165) is 0 Å². The smallest absolute Gasteiger partial charge is 0.00799 e. The van der Waals surface area contributed by atoms with E-state index in [1.54, 1.807) is 6.26 Å². The molecule has 0 aliphatic rings. The second-order valence-electron chi connectivity index (χ2n) is 1.83. The van der Waals surface area contributed by atoms with E-state index in [2.05, 4.69) is 58.3 Å². The van der Waals surface area contributed by atoms with Crippen LogP contribution < -0.4 is 0 Å². The lowest BCUT2D eigenvalue weighted by Gasteiger charge is -2.58. The molecule has 0 rings (SSSR count). The van der Waals surface area contributed by atoms with Crippen molar-refractivity contribution in [3.63, 3.8) is 0 Å². The first kappa shape index (κ1) is 11.8. The van der Waals surface area contributed by atoms with Gasteiger partial charge in [0.2, 0.25) is 0 Å². The largest absolute Gasteiger partial charge is 0.111 e. The summed E-state index contributed by atoms with van der Waals surface area (Å²) in [5.74, 6) is 0. The Kier molecular flexibility index (Phi) is 3.47. The highest BCUT2D eigenvalue weighted by molar-refractivity contribution is 9.96. The van der Waals surface area contributed by atoms with E-state index in [0.29, 0.717) is 0 Å². The van der Waals surface area contributed by atoms with Crippen LogP contribution in [-0.2, 0) is 0 Å². The van der Waals surface area contributed by atoms with Crippen LogP contribution in [0.15, 0.2) is 0 Å². The molecule has 60 valence electrons. The lowest BCUT2D eigenvalue weighted by molar-refractivity contribution is 2.51. The molecule has 9 heavy (non-hydrogen) atoms. The maximum absolute atomic E-state index is 4.25. The third-order valence-corrected chi connectivity index (χ3v) is 14.2. The van der Waals surface area contributed by atoms with Crippen LogP contribution in [0, 0.1) is 0 Å². The second kappa shape index (κ2) is 2.65. The van der Waals surface area contributed by atoms with Crippen LogP contribution in [0.4, 0.5) is 0 Å². The number of thiol groups is 5. The van der Waals surface area contributed by atoms with Crippen LogP contribution in [0.1, 0.15) is 0 Å². The fourth-order valence-corrected chi connectivity index (χ4v) is 15.7. The first-order valence-corrected chi connectivity index (χ1v) is 12.4. The van der Waals surface area contributed by atoms with Gasteiger partial charge in [-0.25, -0.2) is 0 Å². The average molecular weight is 277 g/mol. The lowest BCUT2D eigenvalue weighted by atomic mass is 12.0. The number of hydrogen-bond donors (Lipinski definition) is 5. The Morgan fingerprint density at radius 3 is 1.44 bits per heavy atom. The summed E-state index contributed by atoms with van der Waals surface area (Å²) in [7, 11) is 2.61. The number of rotatable bonds is 2. The summed E-state index contributed by atoms with van der Waals surface area (Å²) >= 11 is 20.9. The van der Waals surface area contributed by atoms with E-state index < -0.39 is 3.45 Å². The summed E-state index contributed by atoms with van der Waals surface area (Å²) in [5, 5.41) is 0. The van der Waals surface area contributed by atoms with Crippen LogP contribution in [0.25, 0.3) is 0 Å². The van der Waals surface area contributed by atoms with Gasteiger partial charge < -0.3 is 0 Å². The van der Waals surface area contributed by atoms with Crippen molar-refractivity contribution in [1.82, 2.24) is 0 Å². The summed E-state index contributed by atoms with van der Waals surface area (Å²) < 4.78 is -2.95. The Balaban J connectivity index is 4.34. The molecule has 0 saturated carbocycles. The molecule has 0 bridgehead atoms. The van der Waals surface area contributed by atoms with Gasteiger partial charge >= 0.3 is 0 Å². The summed E-state index contributed by atoms with van der Waals surface area (Å²) in [6, 6.07) is 0. The van der Waals surface area contributed by atoms with Crippen LogP contribution in [0.2, 0.25) is 0 Å². The van der Waals surface area contributed by atoms with Crippen molar-refractivity contribution in [2.75, 3.05) is 6.26 Å². The van der Waals surface area contributed by atoms with Gasteiger partial charge in [-0.1, -0.05) is 15.1 Å². The van der Waals surface area contributed by atoms with Gasteiger partial charge in [0, 0.05) is 0 Å². The Morgan fingerprint density at radius 2 is 1.44 bits per heavy atom. The first-order valence-electron chi connectivity index (χ1n) is 1.65. The van der Waals surface area contributed by atoms with E-state index in [9.17, 15) is 0 Å². The third kappa shape index (κ3) is 10.8. The molecule has 0 aliphatic carbocycles. The van der Waals surface area contributed by atoms with Crippen molar-refractivity contribution >= 4 is 81.4 Å². The second-order valence-corrected chi connectivity index (χ2v) is 33.2. The minimum absolute atomic E-state index is 1.26. The van der Waals surface area contributed by atoms with E-state index in [1.165, 1.54) is 19.7 Å². The highest BCUT2D eigenvalue weighted by Crippen LogP contribution is 3.10. The van der Waals surface area contributed by atoms with Crippen molar-refractivity contribution in [2.45, 2.75) is 0 Å². The van der Waals surface area contributed by atoms with Gasteiger partial charge in [-0.2, -0.15) is 0 Å². The maximum Gasteiger partial charge on any atom is -0.00799 e. The Morgan fingerprint density at radius 1 is 1.11 bits per heavy atom. The number of hydrogen-bond acceptors (Lipinski definition) is 7. The molecule has 0 aromatic rings. The minimum Gasteiger partial charge on any atom is -0.111 e. The van der Waals surface area contributed by atoms with Crippen LogP contribution >= 0.6 is 81.4 Å². The molecule has 0 atom stereocenters. The van der Waals surface area contributed by atoms with Gasteiger partial charge in [0.05, 0.1) is 0 Å². The van der Waals surface area contributed by atoms with Crippen molar-refractivity contribution < 1.29 is 0 Å². The molecule has 0 saturated heterocycles. The Bertz CT molecular complexity index is 98.7. The zero-order valence-corrected chi connectivity index (χ0v) is 11.4. The molecule has 0 nitrogen and oxygen atoms in total. The minimum atomic E-state index is -2.95. The van der Waals surface area contributed by atoms with Gasteiger partial charge in [-0.05, 0) is 25.9 Å². The highest BCUT2D eigenvalue weighted by Gasteiger charge is 2.42. The highest BCUT2D eigenvalue weighted by atomic mass is 34.4.